The average Bonchev–Trinajstić information content (AvgIpc) is 3.22. The SMILES string of the molecule is Cc1cc(C)c2c(NC(=O)C3CC(c4cccc(Br)c4)=NO3)n[nH]c2n1. The molecule has 1 aliphatic heterocycles. The van der Waals surface area contributed by atoms with Gasteiger partial charge in [0.1, 0.15) is 0 Å². The summed E-state index contributed by atoms with van der Waals surface area (Å²) in [7, 11) is 0. The molecular formula is C18H16BrN5O2. The second-order valence-electron chi connectivity index (χ2n) is 6.21. The van der Waals surface area contributed by atoms with Gasteiger partial charge in [-0.05, 0) is 37.6 Å². The molecule has 3 aromatic rings. The lowest BCUT2D eigenvalue weighted by Crippen LogP contribution is -2.28. The van der Waals surface area contributed by atoms with Gasteiger partial charge < -0.3 is 10.2 Å². The van der Waals surface area contributed by atoms with Gasteiger partial charge in [-0.15, -0.1) is 0 Å². The molecule has 0 bridgehead atoms. The fraction of sp³-hybridized carbons (Fsp3) is 0.222. The highest BCUT2D eigenvalue weighted by Crippen LogP contribution is 2.25. The molecule has 2 aromatic heterocycles. The number of halogens is 1. The van der Waals surface area contributed by atoms with Crippen LogP contribution in [0, 0.1) is 13.8 Å². The molecule has 1 amide bonds. The van der Waals surface area contributed by atoms with Gasteiger partial charge in [-0.1, -0.05) is 33.2 Å². The lowest BCUT2D eigenvalue weighted by Gasteiger charge is -2.08. The van der Waals surface area contributed by atoms with Crippen molar-refractivity contribution in [3.05, 3.63) is 51.6 Å². The number of oxime groups is 1. The van der Waals surface area contributed by atoms with Crippen molar-refractivity contribution in [3.63, 3.8) is 0 Å². The van der Waals surface area contributed by atoms with E-state index in [1.807, 2.05) is 44.2 Å². The van der Waals surface area contributed by atoms with Gasteiger partial charge in [-0.3, -0.25) is 9.89 Å². The van der Waals surface area contributed by atoms with Gasteiger partial charge >= 0.3 is 0 Å². The minimum Gasteiger partial charge on any atom is -0.382 e. The standard InChI is InChI=1S/C18H16BrN5O2/c1-9-6-10(2)20-16-15(9)17(23-22-16)21-18(25)14-8-13(24-26-14)11-4-3-5-12(19)7-11/h3-7,14H,8H2,1-2H3,(H2,20,21,22,23,25). The molecule has 0 spiro atoms. The summed E-state index contributed by atoms with van der Waals surface area (Å²) in [6.45, 7) is 3.88. The van der Waals surface area contributed by atoms with Crippen molar-refractivity contribution in [3.8, 4) is 0 Å². The lowest BCUT2D eigenvalue weighted by atomic mass is 10.0. The number of H-pyrrole nitrogens is 1. The van der Waals surface area contributed by atoms with Crippen molar-refractivity contribution in [1.29, 1.82) is 0 Å². The zero-order chi connectivity index (χ0) is 18.3. The first-order chi connectivity index (χ1) is 12.5. The number of fused-ring (bicyclic) bond motifs is 1. The molecule has 2 N–H and O–H groups in total. The molecule has 0 radical (unpaired) electrons. The Morgan fingerprint density at radius 2 is 2.19 bits per heavy atom. The summed E-state index contributed by atoms with van der Waals surface area (Å²) < 4.78 is 0.951. The molecule has 1 aromatic carbocycles. The fourth-order valence-electron chi connectivity index (χ4n) is 3.03. The van der Waals surface area contributed by atoms with Crippen molar-refractivity contribution in [2.45, 2.75) is 26.4 Å². The van der Waals surface area contributed by atoms with Crippen LogP contribution in [0.25, 0.3) is 11.0 Å². The Labute approximate surface area is 158 Å². The van der Waals surface area contributed by atoms with Crippen molar-refractivity contribution in [2.75, 3.05) is 5.32 Å². The molecule has 1 atom stereocenters. The van der Waals surface area contributed by atoms with Crippen LogP contribution < -0.4 is 5.32 Å². The Morgan fingerprint density at radius 1 is 1.35 bits per heavy atom. The van der Waals surface area contributed by atoms with Crippen LogP contribution in [0.4, 0.5) is 5.82 Å². The molecule has 0 saturated heterocycles. The number of nitrogens with one attached hydrogen (secondary N) is 2. The Hall–Kier alpha value is -2.74. The number of hydrogen-bond acceptors (Lipinski definition) is 5. The molecule has 132 valence electrons. The van der Waals surface area contributed by atoms with E-state index in [1.54, 1.807) is 0 Å². The summed E-state index contributed by atoms with van der Waals surface area (Å²) in [5.41, 5.74) is 4.20. The fourth-order valence-corrected chi connectivity index (χ4v) is 3.42. The van der Waals surface area contributed by atoms with Gasteiger partial charge in [0.25, 0.3) is 5.91 Å². The van der Waals surface area contributed by atoms with Crippen LogP contribution in [-0.2, 0) is 9.63 Å². The van der Waals surface area contributed by atoms with Crippen molar-refractivity contribution in [2.24, 2.45) is 5.16 Å². The lowest BCUT2D eigenvalue weighted by molar-refractivity contribution is -0.125. The van der Waals surface area contributed by atoms with Crippen molar-refractivity contribution in [1.82, 2.24) is 15.2 Å². The van der Waals surface area contributed by atoms with E-state index in [2.05, 4.69) is 41.6 Å². The first kappa shape index (κ1) is 16.7. The van der Waals surface area contributed by atoms with Crippen LogP contribution in [0.15, 0.2) is 40.0 Å². The van der Waals surface area contributed by atoms with Crippen LogP contribution in [0.5, 0.6) is 0 Å². The number of aromatic nitrogens is 3. The Balaban J connectivity index is 1.50. The number of aryl methyl sites for hydroxylation is 2. The molecule has 3 heterocycles. The molecule has 8 heteroatoms. The van der Waals surface area contributed by atoms with Gasteiger partial charge in [0.2, 0.25) is 6.10 Å². The summed E-state index contributed by atoms with van der Waals surface area (Å²) >= 11 is 3.44. The number of rotatable bonds is 3. The van der Waals surface area contributed by atoms with E-state index in [0.29, 0.717) is 17.9 Å². The molecule has 0 fully saturated rings. The summed E-state index contributed by atoms with van der Waals surface area (Å²) in [6.07, 6.45) is -0.282. The highest BCUT2D eigenvalue weighted by Gasteiger charge is 2.30. The molecular weight excluding hydrogens is 398 g/mol. The Morgan fingerprint density at radius 3 is 3.00 bits per heavy atom. The number of amides is 1. The first-order valence-corrected chi connectivity index (χ1v) is 8.92. The molecule has 26 heavy (non-hydrogen) atoms. The molecule has 7 nitrogen and oxygen atoms in total. The normalized spacial score (nSPS) is 16.4. The van der Waals surface area contributed by atoms with Crippen molar-refractivity contribution < 1.29 is 9.63 Å². The second-order valence-corrected chi connectivity index (χ2v) is 7.13. The third-order valence-corrected chi connectivity index (χ3v) is 4.71. The number of carbonyl (C=O) groups excluding carboxylic acids is 1. The van der Waals surface area contributed by atoms with Crippen LogP contribution in [-0.4, -0.2) is 32.9 Å². The number of anilines is 1. The monoisotopic (exact) mass is 413 g/mol. The third-order valence-electron chi connectivity index (χ3n) is 4.22. The summed E-state index contributed by atoms with van der Waals surface area (Å²) in [5.74, 6) is 0.168. The van der Waals surface area contributed by atoms with E-state index < -0.39 is 6.10 Å². The van der Waals surface area contributed by atoms with Crippen LogP contribution in [0.3, 0.4) is 0 Å². The first-order valence-electron chi connectivity index (χ1n) is 8.13. The maximum Gasteiger partial charge on any atom is 0.269 e. The Bertz CT molecular complexity index is 1040. The predicted molar refractivity (Wildman–Crippen MR) is 102 cm³/mol. The van der Waals surface area contributed by atoms with Gasteiger partial charge in [-0.2, -0.15) is 5.10 Å². The number of hydrogen-bond donors (Lipinski definition) is 2. The zero-order valence-corrected chi connectivity index (χ0v) is 15.8. The largest absolute Gasteiger partial charge is 0.382 e. The molecule has 0 saturated carbocycles. The summed E-state index contributed by atoms with van der Waals surface area (Å²) in [4.78, 5) is 22.3. The van der Waals surface area contributed by atoms with E-state index in [9.17, 15) is 4.79 Å². The Kier molecular flexibility index (Phi) is 4.20. The van der Waals surface area contributed by atoms with Gasteiger partial charge in [0, 0.05) is 22.2 Å². The van der Waals surface area contributed by atoms with Crippen LogP contribution >= 0.6 is 15.9 Å². The minimum absolute atomic E-state index is 0.285. The van der Waals surface area contributed by atoms with Gasteiger partial charge in [0.15, 0.2) is 11.5 Å². The third kappa shape index (κ3) is 3.08. The topological polar surface area (TPSA) is 92.3 Å². The van der Waals surface area contributed by atoms with Gasteiger partial charge in [0.05, 0.1) is 11.1 Å². The number of aromatic amines is 1. The van der Waals surface area contributed by atoms with E-state index in [1.165, 1.54) is 0 Å². The second kappa shape index (κ2) is 6.53. The number of nitrogens with zero attached hydrogens (tertiary/aromatic N) is 3. The van der Waals surface area contributed by atoms with E-state index in [0.717, 1.165) is 32.4 Å². The maximum atomic E-state index is 12.6. The molecule has 1 aliphatic rings. The molecule has 4 rings (SSSR count). The minimum atomic E-state index is -0.686. The predicted octanol–water partition coefficient (Wildman–Crippen LogP) is 3.47. The quantitative estimate of drug-likeness (QED) is 0.687. The highest BCUT2D eigenvalue weighted by atomic mass is 79.9. The summed E-state index contributed by atoms with van der Waals surface area (Å²) in [6, 6.07) is 9.69. The zero-order valence-electron chi connectivity index (χ0n) is 14.2. The molecule has 0 aliphatic carbocycles. The number of carbonyl (C=O) groups is 1. The van der Waals surface area contributed by atoms with Crippen LogP contribution in [0.2, 0.25) is 0 Å². The van der Waals surface area contributed by atoms with Crippen molar-refractivity contribution >= 4 is 44.4 Å². The van der Waals surface area contributed by atoms with Crippen LogP contribution in [0.1, 0.15) is 23.2 Å². The molecule has 1 unspecified atom stereocenters. The van der Waals surface area contributed by atoms with E-state index in [-0.39, 0.29) is 5.91 Å². The summed E-state index contributed by atoms with van der Waals surface area (Å²) in [5, 5.41) is 14.7. The van der Waals surface area contributed by atoms with Gasteiger partial charge in [-0.25, -0.2) is 4.98 Å². The number of pyridine rings is 1. The average molecular weight is 414 g/mol. The van der Waals surface area contributed by atoms with E-state index >= 15 is 0 Å². The maximum absolute atomic E-state index is 12.6. The smallest absolute Gasteiger partial charge is 0.269 e. The van der Waals surface area contributed by atoms with E-state index in [4.69, 9.17) is 4.84 Å². The number of benzene rings is 1. The highest BCUT2D eigenvalue weighted by molar-refractivity contribution is 9.10.